The van der Waals surface area contributed by atoms with Crippen LogP contribution in [0.15, 0.2) is 0 Å². The molecule has 94 valence electrons. The summed E-state index contributed by atoms with van der Waals surface area (Å²) in [5.74, 6) is -0.357. The van der Waals surface area contributed by atoms with Gasteiger partial charge in [0.25, 0.3) is 0 Å². The molecule has 5 atom stereocenters. The number of amides is 1. The van der Waals surface area contributed by atoms with Gasteiger partial charge in [-0.3, -0.25) is 4.79 Å². The van der Waals surface area contributed by atoms with E-state index in [0.717, 1.165) is 0 Å². The van der Waals surface area contributed by atoms with Gasteiger partial charge in [0.1, 0.15) is 24.4 Å². The Morgan fingerprint density at radius 3 is 2.38 bits per heavy atom. The Labute approximate surface area is 92.7 Å². The second-order valence-electron chi connectivity index (χ2n) is 3.67. The van der Waals surface area contributed by atoms with Gasteiger partial charge in [0.2, 0.25) is 5.91 Å². The van der Waals surface area contributed by atoms with E-state index < -0.39 is 37.3 Å². The van der Waals surface area contributed by atoms with Crippen LogP contribution in [0.5, 0.6) is 0 Å². The second-order valence-corrected chi connectivity index (χ2v) is 3.67. The average Bonchev–Trinajstić information content (AvgIpc) is 2.29. The molecule has 0 aliphatic carbocycles. The fraction of sp³-hybridized carbons (Fsp3) is 0.889. The zero-order chi connectivity index (χ0) is 12.3. The standard InChI is InChI=1S/C9H17NO6/c1-2-5(12)10-9-8(15)7(14)6(13)4(3-11)16-9/h4,6-9,11,13-15H,2-3H2,1H3,(H,10,12)/t4-,6+,7-,8+,9-/m1/s1. The van der Waals surface area contributed by atoms with Gasteiger partial charge in [-0.15, -0.1) is 0 Å². The van der Waals surface area contributed by atoms with Crippen LogP contribution < -0.4 is 5.32 Å². The first kappa shape index (κ1) is 13.3. The van der Waals surface area contributed by atoms with Gasteiger partial charge in [-0.05, 0) is 0 Å². The minimum absolute atomic E-state index is 0.203. The smallest absolute Gasteiger partial charge is 0.221 e. The minimum Gasteiger partial charge on any atom is -0.394 e. The predicted octanol–water partition coefficient (Wildman–Crippen LogP) is -2.69. The number of nitrogens with one attached hydrogen (secondary N) is 1. The molecule has 0 aromatic carbocycles. The van der Waals surface area contributed by atoms with E-state index >= 15 is 0 Å². The molecular weight excluding hydrogens is 218 g/mol. The van der Waals surface area contributed by atoms with Gasteiger partial charge >= 0.3 is 0 Å². The number of hydrogen-bond donors (Lipinski definition) is 5. The van der Waals surface area contributed by atoms with Gasteiger partial charge in [0.05, 0.1) is 6.61 Å². The SMILES string of the molecule is CCC(=O)N[C@@H]1O[C@H](CO)[C@H](O)[C@@H](O)[C@@H]1O. The van der Waals surface area contributed by atoms with E-state index in [9.17, 15) is 20.1 Å². The van der Waals surface area contributed by atoms with Gasteiger partial charge in [0.15, 0.2) is 6.23 Å². The van der Waals surface area contributed by atoms with Gasteiger partial charge in [0, 0.05) is 6.42 Å². The van der Waals surface area contributed by atoms with Crippen LogP contribution in [0.4, 0.5) is 0 Å². The van der Waals surface area contributed by atoms with Crippen molar-refractivity contribution in [3.05, 3.63) is 0 Å². The van der Waals surface area contributed by atoms with Crippen LogP contribution in [0.2, 0.25) is 0 Å². The van der Waals surface area contributed by atoms with Crippen molar-refractivity contribution in [2.24, 2.45) is 0 Å². The molecule has 0 aromatic heterocycles. The van der Waals surface area contributed by atoms with Gasteiger partial charge < -0.3 is 30.5 Å². The van der Waals surface area contributed by atoms with Crippen molar-refractivity contribution >= 4 is 5.91 Å². The lowest BCUT2D eigenvalue weighted by atomic mass is 9.98. The third-order valence-corrected chi connectivity index (χ3v) is 2.52. The fourth-order valence-electron chi connectivity index (χ4n) is 1.48. The molecular formula is C9H17NO6. The normalized spacial score (nSPS) is 39.4. The van der Waals surface area contributed by atoms with Crippen molar-refractivity contribution in [2.45, 2.75) is 44.0 Å². The summed E-state index contributed by atoms with van der Waals surface area (Å²) < 4.78 is 5.06. The molecule has 1 fully saturated rings. The summed E-state index contributed by atoms with van der Waals surface area (Å²) in [5.41, 5.74) is 0. The monoisotopic (exact) mass is 235 g/mol. The van der Waals surface area contributed by atoms with Crippen LogP contribution in [0, 0.1) is 0 Å². The van der Waals surface area contributed by atoms with E-state index in [-0.39, 0.29) is 12.3 Å². The zero-order valence-electron chi connectivity index (χ0n) is 8.91. The van der Waals surface area contributed by atoms with Crippen LogP contribution in [0.1, 0.15) is 13.3 Å². The average molecular weight is 235 g/mol. The molecule has 1 aliphatic rings. The quantitative estimate of drug-likeness (QED) is 0.363. The highest BCUT2D eigenvalue weighted by Crippen LogP contribution is 2.19. The van der Waals surface area contributed by atoms with Crippen molar-refractivity contribution in [3.8, 4) is 0 Å². The molecule has 7 nitrogen and oxygen atoms in total. The molecule has 1 heterocycles. The Hall–Kier alpha value is -0.730. The summed E-state index contributed by atoms with van der Waals surface area (Å²) in [4.78, 5) is 11.1. The van der Waals surface area contributed by atoms with Gasteiger partial charge in [-0.1, -0.05) is 6.92 Å². The van der Waals surface area contributed by atoms with Crippen LogP contribution >= 0.6 is 0 Å². The number of carbonyl (C=O) groups excluding carboxylic acids is 1. The Bertz CT molecular complexity index is 246. The van der Waals surface area contributed by atoms with E-state index in [1.165, 1.54) is 0 Å². The molecule has 1 rings (SSSR count). The Morgan fingerprint density at radius 1 is 1.25 bits per heavy atom. The van der Waals surface area contributed by atoms with Crippen molar-refractivity contribution in [3.63, 3.8) is 0 Å². The molecule has 1 amide bonds. The number of aliphatic hydroxyl groups is 4. The highest BCUT2D eigenvalue weighted by atomic mass is 16.6. The van der Waals surface area contributed by atoms with E-state index in [1.807, 2.05) is 0 Å². The second kappa shape index (κ2) is 5.55. The third kappa shape index (κ3) is 2.69. The number of ether oxygens (including phenoxy) is 1. The first-order valence-electron chi connectivity index (χ1n) is 5.11. The van der Waals surface area contributed by atoms with Crippen LogP contribution in [-0.2, 0) is 9.53 Å². The lowest BCUT2D eigenvalue weighted by Gasteiger charge is -2.40. The Morgan fingerprint density at radius 2 is 1.88 bits per heavy atom. The number of rotatable bonds is 3. The molecule has 0 radical (unpaired) electrons. The fourth-order valence-corrected chi connectivity index (χ4v) is 1.48. The number of hydrogen-bond acceptors (Lipinski definition) is 6. The Kier molecular flexibility index (Phi) is 4.63. The summed E-state index contributed by atoms with van der Waals surface area (Å²) >= 11 is 0. The highest BCUT2D eigenvalue weighted by Gasteiger charge is 2.43. The molecule has 0 unspecified atom stereocenters. The van der Waals surface area contributed by atoms with E-state index in [4.69, 9.17) is 9.84 Å². The lowest BCUT2D eigenvalue weighted by molar-refractivity contribution is -0.235. The largest absolute Gasteiger partial charge is 0.394 e. The first-order chi connectivity index (χ1) is 7.51. The summed E-state index contributed by atoms with van der Waals surface area (Å²) in [7, 11) is 0. The van der Waals surface area contributed by atoms with Crippen molar-refractivity contribution < 1.29 is 30.0 Å². The van der Waals surface area contributed by atoms with Crippen molar-refractivity contribution in [1.82, 2.24) is 5.32 Å². The zero-order valence-corrected chi connectivity index (χ0v) is 8.91. The van der Waals surface area contributed by atoms with Crippen LogP contribution in [0.3, 0.4) is 0 Å². The number of aliphatic hydroxyl groups excluding tert-OH is 4. The van der Waals surface area contributed by atoms with E-state index in [1.54, 1.807) is 6.92 Å². The molecule has 7 heteroatoms. The van der Waals surface area contributed by atoms with Crippen LogP contribution in [0.25, 0.3) is 0 Å². The predicted molar refractivity (Wildman–Crippen MR) is 52.2 cm³/mol. The molecule has 16 heavy (non-hydrogen) atoms. The Balaban J connectivity index is 2.67. The topological polar surface area (TPSA) is 119 Å². The summed E-state index contributed by atoms with van der Waals surface area (Å²) in [5, 5.41) is 39.6. The summed E-state index contributed by atoms with van der Waals surface area (Å²) in [6.45, 7) is 1.11. The molecule has 0 aromatic rings. The third-order valence-electron chi connectivity index (χ3n) is 2.52. The van der Waals surface area contributed by atoms with E-state index in [0.29, 0.717) is 0 Å². The maximum Gasteiger partial charge on any atom is 0.221 e. The van der Waals surface area contributed by atoms with Gasteiger partial charge in [-0.2, -0.15) is 0 Å². The lowest BCUT2D eigenvalue weighted by Crippen LogP contribution is -2.63. The summed E-state index contributed by atoms with van der Waals surface area (Å²) in [6.07, 6.45) is -6.21. The van der Waals surface area contributed by atoms with E-state index in [2.05, 4.69) is 5.32 Å². The molecule has 5 N–H and O–H groups in total. The molecule has 0 spiro atoms. The molecule has 0 bridgehead atoms. The van der Waals surface area contributed by atoms with Crippen molar-refractivity contribution in [1.29, 1.82) is 0 Å². The maximum absolute atomic E-state index is 11.1. The number of carbonyl (C=O) groups is 1. The molecule has 1 aliphatic heterocycles. The molecule has 0 saturated carbocycles. The van der Waals surface area contributed by atoms with Crippen molar-refractivity contribution in [2.75, 3.05) is 6.61 Å². The summed E-state index contributed by atoms with van der Waals surface area (Å²) in [6, 6.07) is 0. The van der Waals surface area contributed by atoms with Crippen LogP contribution in [-0.4, -0.2) is 63.6 Å². The van der Waals surface area contributed by atoms with Gasteiger partial charge in [-0.25, -0.2) is 0 Å². The minimum atomic E-state index is -1.46. The molecule has 1 saturated heterocycles. The maximum atomic E-state index is 11.1. The highest BCUT2D eigenvalue weighted by molar-refractivity contribution is 5.75. The first-order valence-corrected chi connectivity index (χ1v) is 5.11.